The fourth-order valence-corrected chi connectivity index (χ4v) is 2.45. The van der Waals surface area contributed by atoms with Crippen molar-refractivity contribution in [2.75, 3.05) is 39.1 Å². The summed E-state index contributed by atoms with van der Waals surface area (Å²) >= 11 is 0. The summed E-state index contributed by atoms with van der Waals surface area (Å²) in [5, 5.41) is 9.38. The molecular weight excluding hydrogens is 270 g/mol. The molecule has 1 aliphatic heterocycles. The van der Waals surface area contributed by atoms with Crippen LogP contribution in [0, 0.1) is 0 Å². The molecule has 0 radical (unpaired) electrons. The van der Waals surface area contributed by atoms with Gasteiger partial charge in [-0.15, -0.1) is 0 Å². The predicted molar refractivity (Wildman–Crippen MR) is 80.6 cm³/mol. The number of carboxylic acids is 1. The Morgan fingerprint density at radius 3 is 2.52 bits per heavy atom. The zero-order valence-electron chi connectivity index (χ0n) is 12.6. The number of para-hydroxylation sites is 1. The lowest BCUT2D eigenvalue weighted by Crippen LogP contribution is -2.49. The SMILES string of the molecule is CN(C)CCN(C)C(=O)N1c2ccccc2CC1C(=O)O. The van der Waals surface area contributed by atoms with Crippen LogP contribution in [0.15, 0.2) is 24.3 Å². The molecule has 6 nitrogen and oxygen atoms in total. The highest BCUT2D eigenvalue weighted by Crippen LogP contribution is 2.32. The smallest absolute Gasteiger partial charge is 0.327 e. The van der Waals surface area contributed by atoms with Gasteiger partial charge in [0.1, 0.15) is 6.04 Å². The van der Waals surface area contributed by atoms with Gasteiger partial charge in [0, 0.05) is 32.2 Å². The van der Waals surface area contributed by atoms with Gasteiger partial charge in [0.25, 0.3) is 0 Å². The van der Waals surface area contributed by atoms with Crippen molar-refractivity contribution >= 4 is 17.7 Å². The van der Waals surface area contributed by atoms with Gasteiger partial charge in [-0.05, 0) is 25.7 Å². The van der Waals surface area contributed by atoms with E-state index in [4.69, 9.17) is 0 Å². The van der Waals surface area contributed by atoms with Crippen molar-refractivity contribution in [3.05, 3.63) is 29.8 Å². The van der Waals surface area contributed by atoms with Gasteiger partial charge in [-0.1, -0.05) is 18.2 Å². The average Bonchev–Trinajstić information content (AvgIpc) is 2.83. The van der Waals surface area contributed by atoms with E-state index < -0.39 is 12.0 Å². The highest BCUT2D eigenvalue weighted by molar-refractivity contribution is 6.00. The van der Waals surface area contributed by atoms with Crippen LogP contribution in [-0.4, -0.2) is 67.2 Å². The topological polar surface area (TPSA) is 64.1 Å². The summed E-state index contributed by atoms with van der Waals surface area (Å²) in [5.74, 6) is -0.972. The van der Waals surface area contributed by atoms with E-state index in [0.717, 1.165) is 12.1 Å². The lowest BCUT2D eigenvalue weighted by Gasteiger charge is -2.29. The lowest BCUT2D eigenvalue weighted by atomic mass is 10.1. The number of fused-ring (bicyclic) bond motifs is 1. The van der Waals surface area contributed by atoms with Crippen LogP contribution in [0.3, 0.4) is 0 Å². The van der Waals surface area contributed by atoms with E-state index in [1.165, 1.54) is 4.90 Å². The Bertz CT molecular complexity index is 545. The van der Waals surface area contributed by atoms with Gasteiger partial charge in [-0.2, -0.15) is 0 Å². The van der Waals surface area contributed by atoms with E-state index in [1.54, 1.807) is 18.0 Å². The van der Waals surface area contributed by atoms with Crippen molar-refractivity contribution in [1.29, 1.82) is 0 Å². The molecule has 2 rings (SSSR count). The van der Waals surface area contributed by atoms with E-state index in [2.05, 4.69) is 0 Å². The minimum Gasteiger partial charge on any atom is -0.480 e. The number of carbonyl (C=O) groups is 2. The zero-order valence-corrected chi connectivity index (χ0v) is 12.6. The summed E-state index contributed by atoms with van der Waals surface area (Å²) in [6.07, 6.45) is 0.360. The first-order valence-corrected chi connectivity index (χ1v) is 6.91. The molecule has 114 valence electrons. The summed E-state index contributed by atoms with van der Waals surface area (Å²) in [5.41, 5.74) is 1.60. The summed E-state index contributed by atoms with van der Waals surface area (Å²) in [6, 6.07) is 6.27. The van der Waals surface area contributed by atoms with Gasteiger partial charge < -0.3 is 14.9 Å². The maximum Gasteiger partial charge on any atom is 0.327 e. The first-order chi connectivity index (χ1) is 9.91. The molecular formula is C15H21N3O3. The standard InChI is InChI=1S/C15H21N3O3/c1-16(2)8-9-17(3)15(21)18-12-7-5-4-6-11(12)10-13(18)14(19)20/h4-7,13H,8-10H2,1-3H3,(H,19,20). The van der Waals surface area contributed by atoms with E-state index >= 15 is 0 Å². The molecule has 0 bridgehead atoms. The molecule has 0 aromatic heterocycles. The van der Waals surface area contributed by atoms with Gasteiger partial charge in [0.2, 0.25) is 0 Å². The molecule has 1 aliphatic rings. The largest absolute Gasteiger partial charge is 0.480 e. The molecule has 0 saturated carbocycles. The highest BCUT2D eigenvalue weighted by Gasteiger charge is 2.39. The third-order valence-electron chi connectivity index (χ3n) is 3.68. The van der Waals surface area contributed by atoms with Gasteiger partial charge in [0.15, 0.2) is 0 Å². The molecule has 0 aliphatic carbocycles. The molecule has 0 spiro atoms. The number of rotatable bonds is 4. The molecule has 2 amide bonds. The number of aliphatic carboxylic acids is 1. The zero-order chi connectivity index (χ0) is 15.6. The van der Waals surface area contributed by atoms with Crippen molar-refractivity contribution in [2.24, 2.45) is 0 Å². The number of benzene rings is 1. The predicted octanol–water partition coefficient (Wildman–Crippen LogP) is 1.12. The van der Waals surface area contributed by atoms with Crippen molar-refractivity contribution < 1.29 is 14.7 Å². The van der Waals surface area contributed by atoms with Crippen molar-refractivity contribution in [3.8, 4) is 0 Å². The summed E-state index contributed by atoms with van der Waals surface area (Å²) in [6.45, 7) is 1.28. The highest BCUT2D eigenvalue weighted by atomic mass is 16.4. The number of carbonyl (C=O) groups excluding carboxylic acids is 1. The van der Waals surface area contributed by atoms with E-state index in [0.29, 0.717) is 18.7 Å². The van der Waals surface area contributed by atoms with Crippen LogP contribution in [0.5, 0.6) is 0 Å². The molecule has 0 saturated heterocycles. The third kappa shape index (κ3) is 3.16. The van der Waals surface area contributed by atoms with E-state index in [9.17, 15) is 14.7 Å². The summed E-state index contributed by atoms with van der Waals surface area (Å²) in [4.78, 5) is 29.0. The fraction of sp³-hybridized carbons (Fsp3) is 0.467. The van der Waals surface area contributed by atoms with E-state index in [1.807, 2.05) is 37.2 Å². The third-order valence-corrected chi connectivity index (χ3v) is 3.68. The normalized spacial score (nSPS) is 17.0. The Labute approximate surface area is 124 Å². The minimum atomic E-state index is -0.972. The summed E-state index contributed by atoms with van der Waals surface area (Å²) < 4.78 is 0. The maximum absolute atomic E-state index is 12.6. The summed E-state index contributed by atoms with van der Waals surface area (Å²) in [7, 11) is 5.57. The second kappa shape index (κ2) is 6.13. The van der Waals surface area contributed by atoms with Crippen molar-refractivity contribution in [3.63, 3.8) is 0 Å². The molecule has 1 N–H and O–H groups in total. The number of nitrogens with zero attached hydrogens (tertiary/aromatic N) is 3. The Balaban J connectivity index is 2.22. The molecule has 1 unspecified atom stereocenters. The first kappa shape index (κ1) is 15.3. The second-order valence-corrected chi connectivity index (χ2v) is 5.56. The molecule has 1 heterocycles. The fourth-order valence-electron chi connectivity index (χ4n) is 2.45. The molecule has 1 aromatic rings. The Morgan fingerprint density at radius 1 is 1.24 bits per heavy atom. The lowest BCUT2D eigenvalue weighted by molar-refractivity contribution is -0.138. The van der Waals surface area contributed by atoms with Crippen molar-refractivity contribution in [1.82, 2.24) is 9.80 Å². The number of hydrogen-bond acceptors (Lipinski definition) is 3. The molecule has 6 heteroatoms. The Morgan fingerprint density at radius 2 is 1.90 bits per heavy atom. The number of hydrogen-bond donors (Lipinski definition) is 1. The van der Waals surface area contributed by atoms with Gasteiger partial charge in [-0.25, -0.2) is 9.59 Å². The Kier molecular flexibility index (Phi) is 4.47. The average molecular weight is 291 g/mol. The van der Waals surface area contributed by atoms with Crippen LogP contribution in [0.4, 0.5) is 10.5 Å². The number of amides is 2. The second-order valence-electron chi connectivity index (χ2n) is 5.56. The van der Waals surface area contributed by atoms with E-state index in [-0.39, 0.29) is 6.03 Å². The first-order valence-electron chi connectivity index (χ1n) is 6.91. The van der Waals surface area contributed by atoms with Crippen LogP contribution < -0.4 is 4.90 Å². The quantitative estimate of drug-likeness (QED) is 0.903. The van der Waals surface area contributed by atoms with Crippen LogP contribution in [0.25, 0.3) is 0 Å². The van der Waals surface area contributed by atoms with Crippen molar-refractivity contribution in [2.45, 2.75) is 12.5 Å². The van der Waals surface area contributed by atoms with Crippen LogP contribution in [0.2, 0.25) is 0 Å². The van der Waals surface area contributed by atoms with Gasteiger partial charge in [-0.3, -0.25) is 4.90 Å². The molecule has 1 aromatic carbocycles. The number of urea groups is 1. The monoisotopic (exact) mass is 291 g/mol. The van der Waals surface area contributed by atoms with Crippen LogP contribution >= 0.6 is 0 Å². The molecule has 1 atom stereocenters. The van der Waals surface area contributed by atoms with Gasteiger partial charge >= 0.3 is 12.0 Å². The Hall–Kier alpha value is -2.08. The number of anilines is 1. The molecule has 0 fully saturated rings. The van der Waals surface area contributed by atoms with Gasteiger partial charge in [0.05, 0.1) is 0 Å². The van der Waals surface area contributed by atoms with Crippen LogP contribution in [-0.2, 0) is 11.2 Å². The minimum absolute atomic E-state index is 0.269. The maximum atomic E-state index is 12.6. The number of likely N-dealkylation sites (N-methyl/N-ethyl adjacent to an activating group) is 2. The van der Waals surface area contributed by atoms with Crippen LogP contribution in [0.1, 0.15) is 5.56 Å². The molecule has 21 heavy (non-hydrogen) atoms. The number of carboxylic acid groups (broad SMARTS) is 1.